The lowest BCUT2D eigenvalue weighted by Crippen LogP contribution is -2.00. The second-order valence-corrected chi connectivity index (χ2v) is 2.63. The van der Waals surface area contributed by atoms with Gasteiger partial charge in [-0.25, -0.2) is 4.68 Å². The maximum Gasteiger partial charge on any atom is 0.333 e. The fourth-order valence-electron chi connectivity index (χ4n) is 1.28. The predicted octanol–water partition coefficient (Wildman–Crippen LogP) is 0.932. The van der Waals surface area contributed by atoms with E-state index in [1.807, 2.05) is 6.92 Å². The van der Waals surface area contributed by atoms with Crippen molar-refractivity contribution in [2.24, 2.45) is 7.05 Å². The van der Waals surface area contributed by atoms with Gasteiger partial charge in [0.25, 0.3) is 0 Å². The zero-order chi connectivity index (χ0) is 10.0. The van der Waals surface area contributed by atoms with Gasteiger partial charge < -0.3 is 5.32 Å². The van der Waals surface area contributed by atoms with Crippen LogP contribution in [0.2, 0.25) is 0 Å². The quantitative estimate of drug-likeness (QED) is 0.560. The van der Waals surface area contributed by atoms with Crippen molar-refractivity contribution in [3.63, 3.8) is 0 Å². The second kappa shape index (κ2) is 3.42. The minimum absolute atomic E-state index is 0.0764. The number of aromatic nitrogens is 2. The maximum absolute atomic E-state index is 10.7. The van der Waals surface area contributed by atoms with E-state index in [2.05, 4.69) is 10.4 Å². The number of nitrogens with one attached hydrogen (secondary N) is 1. The third-order valence-electron chi connectivity index (χ3n) is 1.85. The molecule has 0 atom stereocenters. The highest BCUT2D eigenvalue weighted by molar-refractivity contribution is 5.59. The van der Waals surface area contributed by atoms with Crippen LogP contribution in [-0.4, -0.2) is 21.8 Å². The van der Waals surface area contributed by atoms with Gasteiger partial charge >= 0.3 is 5.69 Å². The van der Waals surface area contributed by atoms with Crippen molar-refractivity contribution in [2.45, 2.75) is 13.3 Å². The summed E-state index contributed by atoms with van der Waals surface area (Å²) >= 11 is 0. The van der Waals surface area contributed by atoms with E-state index in [1.165, 1.54) is 4.68 Å². The molecule has 0 spiro atoms. The Balaban J connectivity index is 3.32. The molecular formula is C7H12N4O2. The van der Waals surface area contributed by atoms with Crippen molar-refractivity contribution >= 4 is 11.5 Å². The van der Waals surface area contributed by atoms with Crippen molar-refractivity contribution in [2.75, 3.05) is 12.4 Å². The number of aryl methyl sites for hydroxylation is 2. The summed E-state index contributed by atoms with van der Waals surface area (Å²) < 4.78 is 1.48. The first-order valence-corrected chi connectivity index (χ1v) is 3.99. The minimum Gasteiger partial charge on any atom is -0.368 e. The standard InChI is InChI=1S/C7H12N4O2/c1-4-5-6(11(12)13)7(8-2)10(3)9-5/h8H,4H2,1-3H3. The molecule has 13 heavy (non-hydrogen) atoms. The zero-order valence-corrected chi connectivity index (χ0v) is 7.87. The topological polar surface area (TPSA) is 73.0 Å². The van der Waals surface area contributed by atoms with Crippen LogP contribution in [0, 0.1) is 10.1 Å². The Kier molecular flexibility index (Phi) is 2.50. The average molecular weight is 184 g/mol. The molecule has 0 aromatic carbocycles. The second-order valence-electron chi connectivity index (χ2n) is 2.63. The van der Waals surface area contributed by atoms with Crippen molar-refractivity contribution < 1.29 is 4.92 Å². The molecular weight excluding hydrogens is 172 g/mol. The molecule has 0 saturated carbocycles. The van der Waals surface area contributed by atoms with Gasteiger partial charge in [-0.05, 0) is 6.42 Å². The highest BCUT2D eigenvalue weighted by Crippen LogP contribution is 2.27. The SMILES string of the molecule is CCc1nn(C)c(NC)c1[N+](=O)[O-]. The summed E-state index contributed by atoms with van der Waals surface area (Å²) in [6.45, 7) is 1.84. The molecule has 6 nitrogen and oxygen atoms in total. The van der Waals surface area contributed by atoms with Gasteiger partial charge in [0.05, 0.1) is 4.92 Å². The van der Waals surface area contributed by atoms with Gasteiger partial charge in [0.1, 0.15) is 5.69 Å². The molecule has 72 valence electrons. The summed E-state index contributed by atoms with van der Waals surface area (Å²) in [5.74, 6) is 0.446. The Hall–Kier alpha value is -1.59. The Bertz CT molecular complexity index is 331. The van der Waals surface area contributed by atoms with E-state index in [1.54, 1.807) is 14.1 Å². The number of nitro groups is 1. The van der Waals surface area contributed by atoms with Crippen LogP contribution in [0.5, 0.6) is 0 Å². The first-order chi connectivity index (χ1) is 6.11. The molecule has 0 bridgehead atoms. The van der Waals surface area contributed by atoms with Crippen LogP contribution in [-0.2, 0) is 13.5 Å². The molecule has 1 aromatic rings. The number of nitrogens with zero attached hydrogens (tertiary/aromatic N) is 3. The van der Waals surface area contributed by atoms with E-state index in [0.29, 0.717) is 17.9 Å². The van der Waals surface area contributed by atoms with Crippen LogP contribution in [0.15, 0.2) is 0 Å². The third-order valence-corrected chi connectivity index (χ3v) is 1.85. The van der Waals surface area contributed by atoms with Gasteiger partial charge in [0, 0.05) is 14.1 Å². The Labute approximate surface area is 75.7 Å². The van der Waals surface area contributed by atoms with E-state index >= 15 is 0 Å². The van der Waals surface area contributed by atoms with Gasteiger partial charge in [0.15, 0.2) is 0 Å². The Morgan fingerprint density at radius 3 is 2.69 bits per heavy atom. The largest absolute Gasteiger partial charge is 0.368 e. The third kappa shape index (κ3) is 1.47. The van der Waals surface area contributed by atoms with Gasteiger partial charge in [-0.1, -0.05) is 6.92 Å². The molecule has 0 aliphatic heterocycles. The Morgan fingerprint density at radius 2 is 2.31 bits per heavy atom. The van der Waals surface area contributed by atoms with Crippen LogP contribution in [0.4, 0.5) is 11.5 Å². The molecule has 0 aliphatic carbocycles. The zero-order valence-electron chi connectivity index (χ0n) is 7.87. The minimum atomic E-state index is -0.405. The number of rotatable bonds is 3. The smallest absolute Gasteiger partial charge is 0.333 e. The van der Waals surface area contributed by atoms with E-state index < -0.39 is 4.92 Å². The molecule has 0 amide bonds. The number of hydrogen-bond donors (Lipinski definition) is 1. The van der Waals surface area contributed by atoms with E-state index in [9.17, 15) is 10.1 Å². The number of hydrogen-bond acceptors (Lipinski definition) is 4. The lowest BCUT2D eigenvalue weighted by Gasteiger charge is -1.97. The molecule has 1 heterocycles. The van der Waals surface area contributed by atoms with Gasteiger partial charge in [-0.2, -0.15) is 5.10 Å². The molecule has 1 aromatic heterocycles. The lowest BCUT2D eigenvalue weighted by molar-refractivity contribution is -0.384. The van der Waals surface area contributed by atoms with Crippen molar-refractivity contribution in [3.05, 3.63) is 15.8 Å². The summed E-state index contributed by atoms with van der Waals surface area (Å²) in [5.41, 5.74) is 0.587. The summed E-state index contributed by atoms with van der Waals surface area (Å²) in [4.78, 5) is 10.3. The van der Waals surface area contributed by atoms with Crippen LogP contribution in [0.1, 0.15) is 12.6 Å². The van der Waals surface area contributed by atoms with Crippen molar-refractivity contribution in [1.29, 1.82) is 0 Å². The molecule has 1 N–H and O–H groups in total. The molecule has 0 fully saturated rings. The predicted molar refractivity (Wildman–Crippen MR) is 48.8 cm³/mol. The van der Waals surface area contributed by atoms with E-state index in [-0.39, 0.29) is 5.69 Å². The monoisotopic (exact) mass is 184 g/mol. The summed E-state index contributed by atoms with van der Waals surface area (Å²) in [6.07, 6.45) is 0.561. The van der Waals surface area contributed by atoms with Crippen LogP contribution in [0.3, 0.4) is 0 Å². The normalized spacial score (nSPS) is 10.1. The Morgan fingerprint density at radius 1 is 1.69 bits per heavy atom. The molecule has 6 heteroatoms. The summed E-state index contributed by atoms with van der Waals surface area (Å²) in [6, 6.07) is 0. The van der Waals surface area contributed by atoms with Crippen LogP contribution >= 0.6 is 0 Å². The van der Waals surface area contributed by atoms with Gasteiger partial charge in [-0.3, -0.25) is 10.1 Å². The van der Waals surface area contributed by atoms with Crippen LogP contribution in [0.25, 0.3) is 0 Å². The van der Waals surface area contributed by atoms with E-state index in [4.69, 9.17) is 0 Å². The lowest BCUT2D eigenvalue weighted by atomic mass is 10.3. The average Bonchev–Trinajstić information content (AvgIpc) is 2.41. The van der Waals surface area contributed by atoms with Gasteiger partial charge in [-0.15, -0.1) is 0 Å². The first kappa shape index (κ1) is 9.50. The van der Waals surface area contributed by atoms with Gasteiger partial charge in [0.2, 0.25) is 5.82 Å². The van der Waals surface area contributed by atoms with Crippen molar-refractivity contribution in [3.8, 4) is 0 Å². The molecule has 0 saturated heterocycles. The number of anilines is 1. The highest BCUT2D eigenvalue weighted by Gasteiger charge is 2.24. The van der Waals surface area contributed by atoms with Crippen LogP contribution < -0.4 is 5.32 Å². The molecule has 0 radical (unpaired) electrons. The first-order valence-electron chi connectivity index (χ1n) is 3.99. The summed E-state index contributed by atoms with van der Waals surface area (Å²) in [7, 11) is 3.32. The molecule has 1 rings (SSSR count). The van der Waals surface area contributed by atoms with E-state index in [0.717, 1.165) is 0 Å². The van der Waals surface area contributed by atoms with Crippen molar-refractivity contribution in [1.82, 2.24) is 9.78 Å². The fraction of sp³-hybridized carbons (Fsp3) is 0.571. The summed E-state index contributed by atoms with van der Waals surface area (Å²) in [5, 5.41) is 17.5. The fourth-order valence-corrected chi connectivity index (χ4v) is 1.28. The molecule has 0 aliphatic rings. The molecule has 0 unspecified atom stereocenters. The maximum atomic E-state index is 10.7. The highest BCUT2D eigenvalue weighted by atomic mass is 16.6.